The lowest BCUT2D eigenvalue weighted by Gasteiger charge is -2.21. The summed E-state index contributed by atoms with van der Waals surface area (Å²) in [5, 5.41) is 2.82. The van der Waals surface area contributed by atoms with Crippen LogP contribution in [0, 0.1) is 0 Å². The normalized spacial score (nSPS) is 16.3. The zero-order chi connectivity index (χ0) is 19.8. The summed E-state index contributed by atoms with van der Waals surface area (Å²) in [4.78, 5) is 24.4. The number of pyridine rings is 1. The number of fused-ring (bicyclic) bond motifs is 1. The van der Waals surface area contributed by atoms with Gasteiger partial charge in [-0.3, -0.25) is 9.59 Å². The average Bonchev–Trinajstić information content (AvgIpc) is 3.43. The summed E-state index contributed by atoms with van der Waals surface area (Å²) in [5.74, 6) is 1.15. The first-order chi connectivity index (χ1) is 14.1. The van der Waals surface area contributed by atoms with Gasteiger partial charge in [-0.05, 0) is 43.2 Å². The minimum absolute atomic E-state index is 0.129. The molecule has 1 spiro atoms. The molecule has 1 amide bonds. The van der Waals surface area contributed by atoms with E-state index >= 15 is 0 Å². The summed E-state index contributed by atoms with van der Waals surface area (Å²) < 4.78 is 19.2. The molecule has 1 aliphatic carbocycles. The second-order valence-corrected chi connectivity index (χ2v) is 7.37. The summed E-state index contributed by atoms with van der Waals surface area (Å²) >= 11 is 0. The number of rotatable bonds is 4. The van der Waals surface area contributed by atoms with Crippen molar-refractivity contribution in [1.82, 2.24) is 4.57 Å². The van der Waals surface area contributed by atoms with Crippen LogP contribution in [0.15, 0.2) is 63.9 Å². The number of benzene rings is 1. The minimum atomic E-state index is -0.531. The average molecular weight is 392 g/mol. The Morgan fingerprint density at radius 3 is 2.69 bits per heavy atom. The molecule has 1 N–H and O–H groups in total. The number of hydrogen-bond donors (Lipinski definition) is 1. The Bertz CT molecular complexity index is 1120. The molecule has 3 aromatic rings. The number of aromatic nitrogens is 1. The molecule has 0 radical (unpaired) electrons. The molecular weight excluding hydrogens is 372 g/mol. The molecule has 3 heterocycles. The fraction of sp³-hybridized carbons (Fsp3) is 0.273. The minimum Gasteiger partial charge on any atom is -0.454 e. The maximum absolute atomic E-state index is 12.6. The molecule has 2 aliphatic rings. The predicted octanol–water partition coefficient (Wildman–Crippen LogP) is 3.78. The van der Waals surface area contributed by atoms with E-state index in [1.54, 1.807) is 42.6 Å². The van der Waals surface area contributed by atoms with E-state index in [-0.39, 0.29) is 23.8 Å². The third-order valence-electron chi connectivity index (χ3n) is 5.27. The highest BCUT2D eigenvalue weighted by Gasteiger charge is 2.44. The molecule has 5 rings (SSSR count). The largest absolute Gasteiger partial charge is 0.454 e. The summed E-state index contributed by atoms with van der Waals surface area (Å²) in [5.41, 5.74) is 0.472. The van der Waals surface area contributed by atoms with Gasteiger partial charge in [-0.1, -0.05) is 6.07 Å². The standard InChI is InChI=1S/C22H20N2O5/c25-20-5-1-4-12-24(20)14-16-7-9-18(27-16)21(26)23-15-6-8-17-19(13-15)29-22(28-17)10-2-3-11-22/h1,4-9,12-13H,2-3,10-11,14H2,(H,23,26). The quantitative estimate of drug-likeness (QED) is 0.731. The molecule has 2 aromatic heterocycles. The number of furan rings is 1. The molecule has 148 valence electrons. The number of carbonyl (C=O) groups is 1. The number of amides is 1. The van der Waals surface area contributed by atoms with Crippen molar-refractivity contribution in [3.8, 4) is 11.5 Å². The van der Waals surface area contributed by atoms with Crippen LogP contribution in [0.2, 0.25) is 0 Å². The number of carbonyl (C=O) groups excluding carboxylic acids is 1. The lowest BCUT2D eigenvalue weighted by Crippen LogP contribution is -2.34. The molecule has 1 aromatic carbocycles. The van der Waals surface area contributed by atoms with Crippen LogP contribution in [0.5, 0.6) is 11.5 Å². The van der Waals surface area contributed by atoms with E-state index < -0.39 is 5.79 Å². The Labute approximate surface area is 166 Å². The molecule has 7 heteroatoms. The molecule has 29 heavy (non-hydrogen) atoms. The van der Waals surface area contributed by atoms with Crippen molar-refractivity contribution in [2.24, 2.45) is 0 Å². The van der Waals surface area contributed by atoms with Gasteiger partial charge < -0.3 is 23.8 Å². The summed E-state index contributed by atoms with van der Waals surface area (Å²) in [6.45, 7) is 0.263. The maximum Gasteiger partial charge on any atom is 0.291 e. The van der Waals surface area contributed by atoms with Crippen LogP contribution in [0.4, 0.5) is 5.69 Å². The summed E-state index contributed by atoms with van der Waals surface area (Å²) in [7, 11) is 0. The highest BCUT2D eigenvalue weighted by molar-refractivity contribution is 6.02. The Kier molecular flexibility index (Phi) is 4.16. The number of hydrogen-bond acceptors (Lipinski definition) is 5. The molecule has 1 saturated carbocycles. The molecular formula is C22H20N2O5. The zero-order valence-corrected chi connectivity index (χ0v) is 15.7. The lowest BCUT2D eigenvalue weighted by molar-refractivity contribution is -0.0716. The number of nitrogens with zero attached hydrogens (tertiary/aromatic N) is 1. The highest BCUT2D eigenvalue weighted by Crippen LogP contribution is 2.47. The van der Waals surface area contributed by atoms with Crippen LogP contribution >= 0.6 is 0 Å². The molecule has 7 nitrogen and oxygen atoms in total. The zero-order valence-electron chi connectivity index (χ0n) is 15.7. The van der Waals surface area contributed by atoms with Crippen LogP contribution in [-0.2, 0) is 6.54 Å². The van der Waals surface area contributed by atoms with Crippen molar-refractivity contribution in [3.05, 3.63) is 76.6 Å². The molecule has 0 saturated heterocycles. The first-order valence-electron chi connectivity index (χ1n) is 9.68. The SMILES string of the molecule is O=C(Nc1ccc2c(c1)OC1(CCCC1)O2)c1ccc(Cn2ccccc2=O)o1. The highest BCUT2D eigenvalue weighted by atomic mass is 16.7. The summed E-state index contributed by atoms with van der Waals surface area (Å²) in [6.07, 6.45) is 5.61. The molecule has 1 aliphatic heterocycles. The van der Waals surface area contributed by atoms with E-state index in [4.69, 9.17) is 13.9 Å². The van der Waals surface area contributed by atoms with E-state index in [0.29, 0.717) is 22.9 Å². The third-order valence-corrected chi connectivity index (χ3v) is 5.27. The van der Waals surface area contributed by atoms with Gasteiger partial charge in [-0.15, -0.1) is 0 Å². The van der Waals surface area contributed by atoms with Crippen LogP contribution < -0.4 is 20.3 Å². The van der Waals surface area contributed by atoms with E-state index in [2.05, 4.69) is 5.32 Å². The van der Waals surface area contributed by atoms with E-state index in [9.17, 15) is 9.59 Å². The van der Waals surface area contributed by atoms with Gasteiger partial charge in [-0.25, -0.2) is 0 Å². The topological polar surface area (TPSA) is 82.7 Å². The smallest absolute Gasteiger partial charge is 0.291 e. The number of ether oxygens (including phenoxy) is 2. The van der Waals surface area contributed by atoms with Crippen molar-refractivity contribution in [2.45, 2.75) is 38.0 Å². The third kappa shape index (κ3) is 3.40. The monoisotopic (exact) mass is 392 g/mol. The van der Waals surface area contributed by atoms with Crippen molar-refractivity contribution < 1.29 is 18.7 Å². The molecule has 0 atom stereocenters. The second-order valence-electron chi connectivity index (χ2n) is 7.37. The fourth-order valence-electron chi connectivity index (χ4n) is 3.83. The van der Waals surface area contributed by atoms with Crippen LogP contribution in [0.3, 0.4) is 0 Å². The van der Waals surface area contributed by atoms with Crippen LogP contribution in [-0.4, -0.2) is 16.3 Å². The Morgan fingerprint density at radius 2 is 1.86 bits per heavy atom. The molecule has 0 unspecified atom stereocenters. The summed E-state index contributed by atoms with van der Waals surface area (Å²) in [6, 6.07) is 13.6. The number of nitrogens with one attached hydrogen (secondary N) is 1. The van der Waals surface area contributed by atoms with Crippen LogP contribution in [0.25, 0.3) is 0 Å². The number of anilines is 1. The van der Waals surface area contributed by atoms with Crippen molar-refractivity contribution in [3.63, 3.8) is 0 Å². The van der Waals surface area contributed by atoms with Gasteiger partial charge in [0.2, 0.25) is 0 Å². The second kappa shape index (κ2) is 6.84. The Balaban J connectivity index is 1.28. The van der Waals surface area contributed by atoms with Gasteiger partial charge in [-0.2, -0.15) is 0 Å². The molecule has 0 bridgehead atoms. The lowest BCUT2D eigenvalue weighted by atomic mass is 10.2. The predicted molar refractivity (Wildman–Crippen MR) is 105 cm³/mol. The van der Waals surface area contributed by atoms with Crippen molar-refractivity contribution in [1.29, 1.82) is 0 Å². The Morgan fingerprint density at radius 1 is 1.03 bits per heavy atom. The first-order valence-corrected chi connectivity index (χ1v) is 9.68. The fourth-order valence-corrected chi connectivity index (χ4v) is 3.83. The van der Waals surface area contributed by atoms with Gasteiger partial charge >= 0.3 is 0 Å². The van der Waals surface area contributed by atoms with Gasteiger partial charge in [0, 0.05) is 36.9 Å². The van der Waals surface area contributed by atoms with Crippen LogP contribution in [0.1, 0.15) is 42.0 Å². The Hall–Kier alpha value is -3.48. The van der Waals surface area contributed by atoms with Gasteiger partial charge in [0.15, 0.2) is 17.3 Å². The molecule has 1 fully saturated rings. The van der Waals surface area contributed by atoms with Crippen molar-refractivity contribution in [2.75, 3.05) is 5.32 Å². The maximum atomic E-state index is 12.6. The van der Waals surface area contributed by atoms with Gasteiger partial charge in [0.05, 0.1) is 6.54 Å². The van der Waals surface area contributed by atoms with Gasteiger partial charge in [0.25, 0.3) is 17.3 Å². The van der Waals surface area contributed by atoms with Gasteiger partial charge in [0.1, 0.15) is 5.76 Å². The van der Waals surface area contributed by atoms with E-state index in [0.717, 1.165) is 25.7 Å². The van der Waals surface area contributed by atoms with E-state index in [1.807, 2.05) is 6.07 Å². The first kappa shape index (κ1) is 17.6. The van der Waals surface area contributed by atoms with Crippen molar-refractivity contribution >= 4 is 11.6 Å². The van der Waals surface area contributed by atoms with E-state index in [1.165, 1.54) is 10.6 Å².